The number of amides is 1. The summed E-state index contributed by atoms with van der Waals surface area (Å²) >= 11 is 7.31. The lowest BCUT2D eigenvalue weighted by Gasteiger charge is -2.10. The molecule has 0 radical (unpaired) electrons. The van der Waals surface area contributed by atoms with Gasteiger partial charge in [-0.2, -0.15) is 0 Å². The Morgan fingerprint density at radius 1 is 1.08 bits per heavy atom. The molecule has 0 bridgehead atoms. The molecule has 4 rings (SSSR count). The predicted molar refractivity (Wildman–Crippen MR) is 104 cm³/mol. The van der Waals surface area contributed by atoms with Gasteiger partial charge in [-0.25, -0.2) is 9.37 Å². The maximum atomic E-state index is 14.0. The number of benzene rings is 2. The second kappa shape index (κ2) is 6.86. The van der Waals surface area contributed by atoms with Gasteiger partial charge < -0.3 is 5.32 Å². The van der Waals surface area contributed by atoms with E-state index < -0.39 is 11.7 Å². The van der Waals surface area contributed by atoms with E-state index in [0.717, 1.165) is 4.88 Å². The summed E-state index contributed by atoms with van der Waals surface area (Å²) in [7, 11) is 0. The molecule has 0 fully saturated rings. The number of rotatable bonds is 3. The quantitative estimate of drug-likeness (QED) is 0.471. The molecule has 0 aliphatic heterocycles. The van der Waals surface area contributed by atoms with E-state index in [-0.39, 0.29) is 10.7 Å². The molecule has 2 heterocycles. The van der Waals surface area contributed by atoms with Gasteiger partial charge in [-0.3, -0.25) is 4.79 Å². The normalized spacial score (nSPS) is 10.8. The van der Waals surface area contributed by atoms with Crippen LogP contribution in [0.2, 0.25) is 5.02 Å². The highest BCUT2D eigenvalue weighted by atomic mass is 35.5. The van der Waals surface area contributed by atoms with Crippen molar-refractivity contribution in [2.45, 2.75) is 0 Å². The molecule has 6 heteroatoms. The predicted octanol–water partition coefficient (Wildman–Crippen LogP) is 6.01. The van der Waals surface area contributed by atoms with Gasteiger partial charge in [0.15, 0.2) is 0 Å². The average Bonchev–Trinajstić information content (AvgIpc) is 3.18. The van der Waals surface area contributed by atoms with Gasteiger partial charge in [0.2, 0.25) is 0 Å². The summed E-state index contributed by atoms with van der Waals surface area (Å²) in [6.07, 6.45) is 0. The summed E-state index contributed by atoms with van der Waals surface area (Å²) in [6.45, 7) is 0. The monoisotopic (exact) mass is 382 g/mol. The number of pyridine rings is 1. The number of nitrogens with one attached hydrogen (secondary N) is 1. The largest absolute Gasteiger partial charge is 0.319 e. The minimum Gasteiger partial charge on any atom is -0.319 e. The zero-order chi connectivity index (χ0) is 18.1. The van der Waals surface area contributed by atoms with Gasteiger partial charge in [0.05, 0.1) is 27.3 Å². The molecule has 0 unspecified atom stereocenters. The third-order valence-electron chi connectivity index (χ3n) is 3.91. The van der Waals surface area contributed by atoms with E-state index in [0.29, 0.717) is 22.2 Å². The molecule has 3 nitrogen and oxygen atoms in total. The number of carbonyl (C=O) groups is 1. The van der Waals surface area contributed by atoms with Crippen molar-refractivity contribution in [3.05, 3.63) is 82.4 Å². The molecule has 0 saturated heterocycles. The van der Waals surface area contributed by atoms with Crippen LogP contribution in [0.5, 0.6) is 0 Å². The van der Waals surface area contributed by atoms with Gasteiger partial charge in [-0.1, -0.05) is 35.9 Å². The van der Waals surface area contributed by atoms with Crippen LogP contribution in [0.25, 0.3) is 21.5 Å². The highest BCUT2D eigenvalue weighted by molar-refractivity contribution is 7.13. The van der Waals surface area contributed by atoms with Crippen LogP contribution in [-0.2, 0) is 0 Å². The van der Waals surface area contributed by atoms with Gasteiger partial charge >= 0.3 is 0 Å². The molecule has 0 spiro atoms. The zero-order valence-corrected chi connectivity index (χ0v) is 14.9. The average molecular weight is 383 g/mol. The Labute approximate surface area is 158 Å². The minimum atomic E-state index is -0.581. The molecule has 0 aliphatic rings. The van der Waals surface area contributed by atoms with Crippen molar-refractivity contribution >= 4 is 45.4 Å². The van der Waals surface area contributed by atoms with Gasteiger partial charge in [0.1, 0.15) is 5.82 Å². The van der Waals surface area contributed by atoms with Crippen molar-refractivity contribution in [3.8, 4) is 10.6 Å². The topological polar surface area (TPSA) is 42.0 Å². The SMILES string of the molecule is O=C(Nc1ccc(Cl)cc1F)c1cc(-c2cccs2)nc2ccccc12. The van der Waals surface area contributed by atoms with Crippen LogP contribution in [0.15, 0.2) is 66.0 Å². The van der Waals surface area contributed by atoms with E-state index in [1.807, 2.05) is 41.8 Å². The van der Waals surface area contributed by atoms with Crippen molar-refractivity contribution < 1.29 is 9.18 Å². The molecule has 1 N–H and O–H groups in total. The zero-order valence-electron chi connectivity index (χ0n) is 13.4. The molecule has 2 aromatic heterocycles. The number of hydrogen-bond acceptors (Lipinski definition) is 3. The Morgan fingerprint density at radius 3 is 2.69 bits per heavy atom. The van der Waals surface area contributed by atoms with E-state index in [9.17, 15) is 9.18 Å². The van der Waals surface area contributed by atoms with Gasteiger partial charge in [-0.05, 0) is 41.8 Å². The fraction of sp³-hybridized carbons (Fsp3) is 0. The molecule has 1 amide bonds. The third kappa shape index (κ3) is 3.19. The first kappa shape index (κ1) is 16.7. The van der Waals surface area contributed by atoms with Crippen LogP contribution in [-0.4, -0.2) is 10.9 Å². The summed E-state index contributed by atoms with van der Waals surface area (Å²) in [5.74, 6) is -0.981. The molecule has 0 saturated carbocycles. The summed E-state index contributed by atoms with van der Waals surface area (Å²) in [4.78, 5) is 18.4. The van der Waals surface area contributed by atoms with Gasteiger partial charge in [0.25, 0.3) is 5.91 Å². The summed E-state index contributed by atoms with van der Waals surface area (Å²) < 4.78 is 14.0. The summed E-state index contributed by atoms with van der Waals surface area (Å²) in [5, 5.41) is 5.56. The van der Waals surface area contributed by atoms with Gasteiger partial charge in [-0.15, -0.1) is 11.3 Å². The number of thiophene rings is 1. The van der Waals surface area contributed by atoms with Crippen molar-refractivity contribution in [1.82, 2.24) is 4.98 Å². The lowest BCUT2D eigenvalue weighted by molar-refractivity contribution is 0.102. The van der Waals surface area contributed by atoms with E-state index in [2.05, 4.69) is 10.3 Å². The Hall–Kier alpha value is -2.76. The lowest BCUT2D eigenvalue weighted by atomic mass is 10.1. The minimum absolute atomic E-state index is 0.0815. The number of carbonyl (C=O) groups excluding carboxylic acids is 1. The molecule has 2 aromatic carbocycles. The van der Waals surface area contributed by atoms with Crippen LogP contribution in [0, 0.1) is 5.82 Å². The van der Waals surface area contributed by atoms with Crippen molar-refractivity contribution in [2.24, 2.45) is 0 Å². The Bertz CT molecular complexity index is 1110. The summed E-state index contributed by atoms with van der Waals surface area (Å²) in [5.41, 5.74) is 1.94. The second-order valence-corrected chi connectivity index (χ2v) is 7.01. The van der Waals surface area contributed by atoms with E-state index >= 15 is 0 Å². The van der Waals surface area contributed by atoms with Crippen molar-refractivity contribution in [2.75, 3.05) is 5.32 Å². The molecular weight excluding hydrogens is 371 g/mol. The van der Waals surface area contributed by atoms with Crippen molar-refractivity contribution in [3.63, 3.8) is 0 Å². The van der Waals surface area contributed by atoms with Crippen LogP contribution < -0.4 is 5.32 Å². The number of halogens is 2. The highest BCUT2D eigenvalue weighted by Crippen LogP contribution is 2.28. The standard InChI is InChI=1S/C20H12ClFN2OS/c21-12-7-8-17(15(22)10-12)24-20(25)14-11-18(19-6-3-9-26-19)23-16-5-2-1-4-13(14)16/h1-11H,(H,24,25). The lowest BCUT2D eigenvalue weighted by Crippen LogP contribution is -2.14. The van der Waals surface area contributed by atoms with E-state index in [1.54, 1.807) is 17.4 Å². The van der Waals surface area contributed by atoms with Crippen LogP contribution in [0.4, 0.5) is 10.1 Å². The first-order valence-corrected chi connectivity index (χ1v) is 9.07. The number of nitrogens with zero attached hydrogens (tertiary/aromatic N) is 1. The number of anilines is 1. The van der Waals surface area contributed by atoms with Crippen molar-refractivity contribution in [1.29, 1.82) is 0 Å². The maximum Gasteiger partial charge on any atom is 0.256 e. The smallest absolute Gasteiger partial charge is 0.256 e. The van der Waals surface area contributed by atoms with E-state index in [1.165, 1.54) is 18.2 Å². The third-order valence-corrected chi connectivity index (χ3v) is 5.04. The molecule has 4 aromatic rings. The number of hydrogen-bond donors (Lipinski definition) is 1. The molecule has 0 atom stereocenters. The van der Waals surface area contributed by atoms with Gasteiger partial charge in [0, 0.05) is 10.4 Å². The van der Waals surface area contributed by atoms with E-state index in [4.69, 9.17) is 11.6 Å². The highest BCUT2D eigenvalue weighted by Gasteiger charge is 2.16. The number of para-hydroxylation sites is 1. The number of fused-ring (bicyclic) bond motifs is 1. The molecule has 26 heavy (non-hydrogen) atoms. The Kier molecular flexibility index (Phi) is 4.41. The fourth-order valence-electron chi connectivity index (χ4n) is 2.69. The summed E-state index contributed by atoms with van der Waals surface area (Å²) in [6, 6.07) is 17.1. The molecule has 128 valence electrons. The second-order valence-electron chi connectivity index (χ2n) is 5.63. The molecular formula is C20H12ClFN2OS. The van der Waals surface area contributed by atoms with Crippen LogP contribution in [0.1, 0.15) is 10.4 Å². The van der Waals surface area contributed by atoms with Crippen LogP contribution >= 0.6 is 22.9 Å². The Morgan fingerprint density at radius 2 is 1.92 bits per heavy atom. The van der Waals surface area contributed by atoms with Crippen LogP contribution in [0.3, 0.4) is 0 Å². The Balaban J connectivity index is 1.80. The molecule has 0 aliphatic carbocycles. The first-order valence-electron chi connectivity index (χ1n) is 7.82. The maximum absolute atomic E-state index is 14.0. The number of aromatic nitrogens is 1. The first-order chi connectivity index (χ1) is 12.6. The fourth-order valence-corrected chi connectivity index (χ4v) is 3.54.